The van der Waals surface area contributed by atoms with E-state index in [1.165, 1.54) is 16.4 Å². The summed E-state index contributed by atoms with van der Waals surface area (Å²) in [6.45, 7) is 5.26. The van der Waals surface area contributed by atoms with Gasteiger partial charge in [0.2, 0.25) is 15.9 Å². The number of likely N-dealkylation sites (tertiary alicyclic amines) is 1. The van der Waals surface area contributed by atoms with E-state index < -0.39 is 16.1 Å². The van der Waals surface area contributed by atoms with Gasteiger partial charge in [0.1, 0.15) is 0 Å². The molecule has 4 rings (SSSR count). The highest BCUT2D eigenvalue weighted by molar-refractivity contribution is 7.89. The zero-order valence-corrected chi connectivity index (χ0v) is 20.3. The molecule has 2 aromatic rings. The van der Waals surface area contributed by atoms with Gasteiger partial charge in [0.25, 0.3) is 5.91 Å². The van der Waals surface area contributed by atoms with Crippen molar-refractivity contribution in [3.63, 3.8) is 0 Å². The highest BCUT2D eigenvalue weighted by Gasteiger charge is 2.33. The number of hydrogen-bond donors (Lipinski definition) is 1. The number of morpholine rings is 1. The van der Waals surface area contributed by atoms with Gasteiger partial charge in [-0.3, -0.25) is 9.59 Å². The van der Waals surface area contributed by atoms with Crippen LogP contribution in [0.25, 0.3) is 0 Å². The first kappa shape index (κ1) is 24.4. The van der Waals surface area contributed by atoms with Crippen molar-refractivity contribution >= 4 is 21.8 Å². The SMILES string of the molecule is CC1CN(S(=O)(=O)c2cccc(C(=O)NC(CN3CCCC3=O)c3ccccc3)c2)CC(C)O1. The van der Waals surface area contributed by atoms with E-state index in [0.29, 0.717) is 19.5 Å². The van der Waals surface area contributed by atoms with Crippen LogP contribution < -0.4 is 5.32 Å². The maximum Gasteiger partial charge on any atom is 0.251 e. The molecule has 2 heterocycles. The topological polar surface area (TPSA) is 96.0 Å². The van der Waals surface area contributed by atoms with Crippen molar-refractivity contribution < 1.29 is 22.7 Å². The summed E-state index contributed by atoms with van der Waals surface area (Å²) in [5.41, 5.74) is 1.14. The van der Waals surface area contributed by atoms with E-state index in [4.69, 9.17) is 4.74 Å². The number of nitrogens with one attached hydrogen (secondary N) is 1. The van der Waals surface area contributed by atoms with Crippen LogP contribution in [0.1, 0.15) is 48.7 Å². The van der Waals surface area contributed by atoms with Crippen molar-refractivity contribution in [2.75, 3.05) is 26.2 Å². The molecule has 0 aliphatic carbocycles. The van der Waals surface area contributed by atoms with E-state index in [0.717, 1.165) is 12.0 Å². The van der Waals surface area contributed by atoms with E-state index >= 15 is 0 Å². The third kappa shape index (κ3) is 5.48. The van der Waals surface area contributed by atoms with Crippen LogP contribution in [0, 0.1) is 0 Å². The molecule has 0 saturated carbocycles. The van der Waals surface area contributed by atoms with Crippen molar-refractivity contribution in [2.45, 2.75) is 49.8 Å². The summed E-state index contributed by atoms with van der Waals surface area (Å²) in [6, 6.07) is 15.2. The molecule has 3 unspecified atom stereocenters. The minimum absolute atomic E-state index is 0.0763. The fraction of sp³-hybridized carbons (Fsp3) is 0.440. The van der Waals surface area contributed by atoms with Gasteiger partial charge < -0.3 is 15.0 Å². The average molecular weight is 486 g/mol. The van der Waals surface area contributed by atoms with Crippen molar-refractivity contribution in [1.82, 2.24) is 14.5 Å². The van der Waals surface area contributed by atoms with Crippen molar-refractivity contribution in [3.8, 4) is 0 Å². The standard InChI is InChI=1S/C25H31N3O5S/c1-18-15-28(16-19(2)33-18)34(31,32)22-11-6-10-21(14-22)25(30)26-23(20-8-4-3-5-9-20)17-27-13-7-12-24(27)29/h3-6,8-11,14,18-19,23H,7,12-13,15-17H2,1-2H3,(H,26,30). The van der Waals surface area contributed by atoms with Gasteiger partial charge in [0, 0.05) is 38.2 Å². The van der Waals surface area contributed by atoms with Crippen LogP contribution in [0.2, 0.25) is 0 Å². The number of nitrogens with zero attached hydrogens (tertiary/aromatic N) is 2. The summed E-state index contributed by atoms with van der Waals surface area (Å²) in [5, 5.41) is 3.01. The lowest BCUT2D eigenvalue weighted by atomic mass is 10.1. The first-order chi connectivity index (χ1) is 16.2. The Morgan fingerprint density at radius 2 is 1.79 bits per heavy atom. The minimum atomic E-state index is -3.77. The molecule has 2 saturated heterocycles. The number of carbonyl (C=O) groups is 2. The summed E-state index contributed by atoms with van der Waals surface area (Å²) in [5.74, 6) is -0.307. The smallest absolute Gasteiger partial charge is 0.251 e. The molecule has 0 spiro atoms. The van der Waals surface area contributed by atoms with Crippen LogP contribution in [0.4, 0.5) is 0 Å². The van der Waals surface area contributed by atoms with Gasteiger partial charge in [-0.2, -0.15) is 4.31 Å². The van der Waals surface area contributed by atoms with Gasteiger partial charge in [0.15, 0.2) is 0 Å². The Morgan fingerprint density at radius 3 is 2.44 bits per heavy atom. The van der Waals surface area contributed by atoms with Crippen LogP contribution in [0.3, 0.4) is 0 Å². The summed E-state index contributed by atoms with van der Waals surface area (Å²) in [7, 11) is -3.77. The summed E-state index contributed by atoms with van der Waals surface area (Å²) >= 11 is 0. The number of sulfonamides is 1. The van der Waals surface area contributed by atoms with E-state index in [-0.39, 0.29) is 47.6 Å². The molecule has 2 aromatic carbocycles. The number of ether oxygens (including phenoxy) is 1. The first-order valence-electron chi connectivity index (χ1n) is 11.6. The van der Waals surface area contributed by atoms with Crippen molar-refractivity contribution in [1.29, 1.82) is 0 Å². The predicted molar refractivity (Wildman–Crippen MR) is 128 cm³/mol. The molecule has 34 heavy (non-hydrogen) atoms. The lowest BCUT2D eigenvalue weighted by Crippen LogP contribution is -2.48. The van der Waals surface area contributed by atoms with Crippen LogP contribution in [0.5, 0.6) is 0 Å². The third-order valence-electron chi connectivity index (χ3n) is 6.20. The molecule has 182 valence electrons. The fourth-order valence-electron chi connectivity index (χ4n) is 4.55. The summed E-state index contributed by atoms with van der Waals surface area (Å²) in [4.78, 5) is 27.2. The lowest BCUT2D eigenvalue weighted by Gasteiger charge is -2.34. The zero-order valence-electron chi connectivity index (χ0n) is 19.5. The fourth-order valence-corrected chi connectivity index (χ4v) is 6.19. The Labute approximate surface area is 200 Å². The highest BCUT2D eigenvalue weighted by atomic mass is 32.2. The van der Waals surface area contributed by atoms with E-state index in [9.17, 15) is 18.0 Å². The maximum atomic E-state index is 13.3. The summed E-state index contributed by atoms with van der Waals surface area (Å²) in [6.07, 6.45) is 0.927. The zero-order chi connectivity index (χ0) is 24.3. The Morgan fingerprint density at radius 1 is 1.09 bits per heavy atom. The van der Waals surface area contributed by atoms with Gasteiger partial charge in [0.05, 0.1) is 23.1 Å². The molecule has 0 bridgehead atoms. The number of benzene rings is 2. The molecule has 2 aliphatic heterocycles. The van der Waals surface area contributed by atoms with Crippen molar-refractivity contribution in [3.05, 3.63) is 65.7 Å². The Hall–Kier alpha value is -2.75. The largest absolute Gasteiger partial charge is 0.373 e. The number of amides is 2. The molecule has 8 nitrogen and oxygen atoms in total. The molecule has 2 aliphatic rings. The average Bonchev–Trinajstić information content (AvgIpc) is 3.23. The monoisotopic (exact) mass is 485 g/mol. The van der Waals surface area contributed by atoms with Crippen LogP contribution in [0.15, 0.2) is 59.5 Å². The third-order valence-corrected chi connectivity index (χ3v) is 8.03. The van der Waals surface area contributed by atoms with E-state index in [1.54, 1.807) is 17.0 Å². The number of carbonyl (C=O) groups excluding carboxylic acids is 2. The molecule has 9 heteroatoms. The molecule has 0 aromatic heterocycles. The second-order valence-electron chi connectivity index (χ2n) is 8.99. The molecule has 2 amide bonds. The van der Waals surface area contributed by atoms with Crippen LogP contribution >= 0.6 is 0 Å². The molecule has 0 radical (unpaired) electrons. The molecule has 1 N–H and O–H groups in total. The maximum absolute atomic E-state index is 13.3. The molecular weight excluding hydrogens is 454 g/mol. The normalized spacial score (nSPS) is 22.5. The quantitative estimate of drug-likeness (QED) is 0.650. The minimum Gasteiger partial charge on any atom is -0.373 e. The second kappa shape index (κ2) is 10.2. The Balaban J connectivity index is 1.55. The van der Waals surface area contributed by atoms with E-state index in [2.05, 4.69) is 5.32 Å². The Bertz CT molecular complexity index is 1130. The predicted octanol–water partition coefficient (Wildman–Crippen LogP) is 2.58. The van der Waals surface area contributed by atoms with Gasteiger partial charge in [-0.25, -0.2) is 8.42 Å². The summed E-state index contributed by atoms with van der Waals surface area (Å²) < 4.78 is 33.6. The van der Waals surface area contributed by atoms with Crippen LogP contribution in [-0.2, 0) is 19.6 Å². The first-order valence-corrected chi connectivity index (χ1v) is 13.1. The number of rotatable bonds is 7. The molecule has 3 atom stereocenters. The highest BCUT2D eigenvalue weighted by Crippen LogP contribution is 2.23. The Kier molecular flexibility index (Phi) is 7.35. The number of hydrogen-bond acceptors (Lipinski definition) is 5. The van der Waals surface area contributed by atoms with Gasteiger partial charge >= 0.3 is 0 Å². The second-order valence-corrected chi connectivity index (χ2v) is 10.9. The molecular formula is C25H31N3O5S. The van der Waals surface area contributed by atoms with E-state index in [1.807, 2.05) is 44.2 Å². The van der Waals surface area contributed by atoms with Gasteiger partial charge in [-0.05, 0) is 44.0 Å². The lowest BCUT2D eigenvalue weighted by molar-refractivity contribution is -0.128. The van der Waals surface area contributed by atoms with Gasteiger partial charge in [-0.15, -0.1) is 0 Å². The van der Waals surface area contributed by atoms with Crippen LogP contribution in [-0.4, -0.2) is 67.8 Å². The van der Waals surface area contributed by atoms with Gasteiger partial charge in [-0.1, -0.05) is 36.4 Å². The van der Waals surface area contributed by atoms with Crippen molar-refractivity contribution in [2.24, 2.45) is 0 Å². The molecule has 2 fully saturated rings.